The maximum Gasteiger partial charge on any atom is 0.125 e. The number of hydrogen-bond acceptors (Lipinski definition) is 2. The summed E-state index contributed by atoms with van der Waals surface area (Å²) in [6.45, 7) is 4.73. The summed E-state index contributed by atoms with van der Waals surface area (Å²) < 4.78 is 1.79. The fourth-order valence-corrected chi connectivity index (χ4v) is 1.64. The molecule has 13 heavy (non-hydrogen) atoms. The van der Waals surface area contributed by atoms with Crippen molar-refractivity contribution in [3.8, 4) is 0 Å². The minimum absolute atomic E-state index is 0.347. The third-order valence-electron chi connectivity index (χ3n) is 1.97. The number of aromatic nitrogens is 2. The van der Waals surface area contributed by atoms with E-state index in [2.05, 4.69) is 5.10 Å². The van der Waals surface area contributed by atoms with E-state index in [4.69, 9.17) is 11.6 Å². The van der Waals surface area contributed by atoms with Gasteiger partial charge in [-0.25, -0.2) is 0 Å². The molecule has 0 saturated carbocycles. The molecule has 72 valence electrons. The Kier molecular flexibility index (Phi) is 3.48. The van der Waals surface area contributed by atoms with Crippen LogP contribution in [0.3, 0.4) is 0 Å². The highest BCUT2D eigenvalue weighted by molar-refractivity contribution is 6.32. The van der Waals surface area contributed by atoms with E-state index in [0.717, 1.165) is 30.6 Å². The summed E-state index contributed by atoms with van der Waals surface area (Å²) in [6, 6.07) is 0. The van der Waals surface area contributed by atoms with E-state index in [-0.39, 0.29) is 0 Å². The first-order valence-corrected chi connectivity index (χ1v) is 4.80. The summed E-state index contributed by atoms with van der Waals surface area (Å²) in [5.74, 6) is 0. The van der Waals surface area contributed by atoms with Crippen molar-refractivity contribution in [2.45, 2.75) is 33.2 Å². The van der Waals surface area contributed by atoms with E-state index in [9.17, 15) is 4.79 Å². The zero-order valence-electron chi connectivity index (χ0n) is 7.88. The summed E-state index contributed by atoms with van der Waals surface area (Å²) in [5, 5.41) is 4.94. The van der Waals surface area contributed by atoms with Crippen molar-refractivity contribution >= 4 is 17.9 Å². The van der Waals surface area contributed by atoms with Crippen LogP contribution < -0.4 is 0 Å². The average molecular weight is 201 g/mol. The second kappa shape index (κ2) is 4.42. The largest absolute Gasteiger partial charge is 0.303 e. The van der Waals surface area contributed by atoms with E-state index < -0.39 is 0 Å². The number of aryl methyl sites for hydroxylation is 2. The first-order valence-electron chi connectivity index (χ1n) is 4.42. The molecule has 1 heterocycles. The molecule has 1 aromatic heterocycles. The van der Waals surface area contributed by atoms with Gasteiger partial charge < -0.3 is 4.79 Å². The molecule has 0 spiro atoms. The Morgan fingerprint density at radius 3 is 2.69 bits per heavy atom. The third-order valence-corrected chi connectivity index (χ3v) is 2.41. The lowest BCUT2D eigenvalue weighted by Gasteiger charge is -1.99. The molecule has 0 aliphatic carbocycles. The lowest BCUT2D eigenvalue weighted by atomic mass is 10.2. The van der Waals surface area contributed by atoms with Crippen LogP contribution >= 0.6 is 11.6 Å². The highest BCUT2D eigenvalue weighted by Crippen LogP contribution is 2.21. The molecule has 0 bridgehead atoms. The lowest BCUT2D eigenvalue weighted by molar-refractivity contribution is -0.107. The van der Waals surface area contributed by atoms with E-state index in [1.165, 1.54) is 0 Å². The maximum absolute atomic E-state index is 10.4. The molecule has 0 aliphatic rings. The van der Waals surface area contributed by atoms with Crippen molar-refractivity contribution < 1.29 is 4.79 Å². The van der Waals surface area contributed by atoms with Crippen LogP contribution in [0.4, 0.5) is 0 Å². The standard InChI is InChI=1S/C9H13ClN2O/c1-3-7-9(10)8(5-6-13)12(4-2)11-7/h6H,3-5H2,1-2H3. The van der Waals surface area contributed by atoms with Gasteiger partial charge in [0.25, 0.3) is 0 Å². The van der Waals surface area contributed by atoms with Gasteiger partial charge in [-0.1, -0.05) is 18.5 Å². The second-order valence-corrected chi connectivity index (χ2v) is 3.13. The van der Waals surface area contributed by atoms with E-state index in [1.807, 2.05) is 13.8 Å². The van der Waals surface area contributed by atoms with Crippen LogP contribution in [-0.2, 0) is 24.2 Å². The molecule has 0 aliphatic heterocycles. The number of nitrogens with zero attached hydrogens (tertiary/aromatic N) is 2. The van der Waals surface area contributed by atoms with Gasteiger partial charge in [0, 0.05) is 13.0 Å². The first-order chi connectivity index (χ1) is 6.24. The number of rotatable bonds is 4. The highest BCUT2D eigenvalue weighted by atomic mass is 35.5. The van der Waals surface area contributed by atoms with Crippen LogP contribution in [0.2, 0.25) is 5.02 Å². The Morgan fingerprint density at radius 1 is 1.54 bits per heavy atom. The molecule has 0 amide bonds. The van der Waals surface area contributed by atoms with Crippen LogP contribution in [-0.4, -0.2) is 16.1 Å². The number of carbonyl (C=O) groups excluding carboxylic acids is 1. The Bertz CT molecular complexity index is 307. The molecule has 0 unspecified atom stereocenters. The highest BCUT2D eigenvalue weighted by Gasteiger charge is 2.12. The third kappa shape index (κ3) is 1.91. The molecule has 3 nitrogen and oxygen atoms in total. The molecule has 1 aromatic rings. The van der Waals surface area contributed by atoms with Crippen LogP contribution in [0.25, 0.3) is 0 Å². The average Bonchev–Trinajstić information content (AvgIpc) is 2.45. The van der Waals surface area contributed by atoms with Crippen molar-refractivity contribution in [1.82, 2.24) is 9.78 Å². The number of hydrogen-bond donors (Lipinski definition) is 0. The van der Waals surface area contributed by atoms with Crippen LogP contribution in [0, 0.1) is 0 Å². The number of halogens is 1. The predicted octanol–water partition coefficient (Wildman–Crippen LogP) is 1.86. The van der Waals surface area contributed by atoms with Crippen molar-refractivity contribution in [3.63, 3.8) is 0 Å². The monoisotopic (exact) mass is 200 g/mol. The Hall–Kier alpha value is -0.830. The Labute approximate surface area is 82.7 Å². The predicted molar refractivity (Wildman–Crippen MR) is 52.1 cm³/mol. The number of aldehydes is 1. The van der Waals surface area contributed by atoms with Crippen molar-refractivity contribution in [1.29, 1.82) is 0 Å². The molecule has 1 rings (SSSR count). The van der Waals surface area contributed by atoms with Crippen molar-refractivity contribution in [2.75, 3.05) is 0 Å². The van der Waals surface area contributed by atoms with Crippen molar-refractivity contribution in [2.24, 2.45) is 0 Å². The van der Waals surface area contributed by atoms with Crippen LogP contribution in [0.5, 0.6) is 0 Å². The second-order valence-electron chi connectivity index (χ2n) is 2.75. The van der Waals surface area contributed by atoms with Gasteiger partial charge in [-0.3, -0.25) is 4.68 Å². The van der Waals surface area contributed by atoms with E-state index >= 15 is 0 Å². The first kappa shape index (κ1) is 10.3. The van der Waals surface area contributed by atoms with Crippen LogP contribution in [0.15, 0.2) is 0 Å². The molecule has 0 saturated heterocycles. The van der Waals surface area contributed by atoms with Crippen molar-refractivity contribution in [3.05, 3.63) is 16.4 Å². The van der Waals surface area contributed by atoms with Crippen LogP contribution in [0.1, 0.15) is 25.2 Å². The maximum atomic E-state index is 10.4. The zero-order valence-corrected chi connectivity index (χ0v) is 8.64. The number of carbonyl (C=O) groups is 1. The quantitative estimate of drug-likeness (QED) is 0.696. The Balaban J connectivity index is 3.11. The van der Waals surface area contributed by atoms with Gasteiger partial charge in [-0.05, 0) is 13.3 Å². The fraction of sp³-hybridized carbons (Fsp3) is 0.556. The van der Waals surface area contributed by atoms with Gasteiger partial charge in [-0.2, -0.15) is 5.10 Å². The van der Waals surface area contributed by atoms with Gasteiger partial charge in [0.05, 0.1) is 16.4 Å². The van der Waals surface area contributed by atoms with Gasteiger partial charge in [0.2, 0.25) is 0 Å². The van der Waals surface area contributed by atoms with Gasteiger partial charge in [0.1, 0.15) is 6.29 Å². The summed E-state index contributed by atoms with van der Waals surface area (Å²) in [7, 11) is 0. The molecule has 0 aromatic carbocycles. The molecule has 0 atom stereocenters. The summed E-state index contributed by atoms with van der Waals surface area (Å²) in [4.78, 5) is 10.4. The smallest absolute Gasteiger partial charge is 0.125 e. The summed E-state index contributed by atoms with van der Waals surface area (Å²) in [5.41, 5.74) is 1.70. The Morgan fingerprint density at radius 2 is 2.23 bits per heavy atom. The molecule has 0 N–H and O–H groups in total. The minimum atomic E-state index is 0.347. The normalized spacial score (nSPS) is 10.4. The SMILES string of the molecule is CCc1nn(CC)c(CC=O)c1Cl. The fourth-order valence-electron chi connectivity index (χ4n) is 1.29. The van der Waals surface area contributed by atoms with Gasteiger partial charge >= 0.3 is 0 Å². The lowest BCUT2D eigenvalue weighted by Crippen LogP contribution is -2.03. The summed E-state index contributed by atoms with van der Waals surface area (Å²) >= 11 is 6.04. The summed E-state index contributed by atoms with van der Waals surface area (Å²) in [6.07, 6.45) is 2.01. The van der Waals surface area contributed by atoms with Gasteiger partial charge in [0.15, 0.2) is 0 Å². The zero-order chi connectivity index (χ0) is 9.84. The molecule has 4 heteroatoms. The molecule has 0 radical (unpaired) electrons. The van der Waals surface area contributed by atoms with E-state index in [1.54, 1.807) is 4.68 Å². The molecular weight excluding hydrogens is 188 g/mol. The minimum Gasteiger partial charge on any atom is -0.303 e. The van der Waals surface area contributed by atoms with Gasteiger partial charge in [-0.15, -0.1) is 0 Å². The molecular formula is C9H13ClN2O. The van der Waals surface area contributed by atoms with E-state index in [0.29, 0.717) is 11.4 Å². The molecule has 0 fully saturated rings. The topological polar surface area (TPSA) is 34.9 Å².